The number of nitriles is 1. The molecule has 2 N–H and O–H groups in total. The van der Waals surface area contributed by atoms with Gasteiger partial charge < -0.3 is 10.6 Å². The Morgan fingerprint density at radius 3 is 2.40 bits per heavy atom. The molecule has 3 aromatic heterocycles. The summed E-state index contributed by atoms with van der Waals surface area (Å²) in [5.74, 6) is 0.492. The molecule has 0 unspecified atom stereocenters. The summed E-state index contributed by atoms with van der Waals surface area (Å²) in [6.45, 7) is 4.98. The van der Waals surface area contributed by atoms with Crippen LogP contribution >= 0.6 is 0 Å². The molecule has 10 heteroatoms. The standard InChI is InChI=1S/C32H29N9O/c33-18-26-35-15-12-27(36-26)40-16-13-32(14-17-40)20-39(21-32)19-22-6-8-23(9-7-22)29-30(24-4-2-1-3-5-24)41-28(37-29)11-10-25(38-41)31(34)42/h1-12,15H,13-14,16-17,19-21H2,(H2,34,42). The number of hydrogen-bond acceptors (Lipinski definition) is 8. The first kappa shape index (κ1) is 25.8. The maximum Gasteiger partial charge on any atom is 0.269 e. The fourth-order valence-corrected chi connectivity index (χ4v) is 6.27. The highest BCUT2D eigenvalue weighted by Crippen LogP contribution is 2.42. The predicted molar refractivity (Wildman–Crippen MR) is 158 cm³/mol. The third-order valence-corrected chi connectivity index (χ3v) is 8.42. The molecule has 10 nitrogen and oxygen atoms in total. The summed E-state index contributed by atoms with van der Waals surface area (Å²) in [6.07, 6.45) is 3.90. The van der Waals surface area contributed by atoms with Crippen LogP contribution in [0.1, 0.15) is 34.7 Å². The van der Waals surface area contributed by atoms with Gasteiger partial charge in [0.25, 0.3) is 5.91 Å². The van der Waals surface area contributed by atoms with Crippen molar-refractivity contribution in [3.05, 3.63) is 96.1 Å². The number of fused-ring (bicyclic) bond motifs is 1. The van der Waals surface area contributed by atoms with Gasteiger partial charge in [0, 0.05) is 50.0 Å². The number of imidazole rings is 1. The third-order valence-electron chi connectivity index (χ3n) is 8.42. The van der Waals surface area contributed by atoms with Crippen molar-refractivity contribution in [1.29, 1.82) is 5.26 Å². The predicted octanol–water partition coefficient (Wildman–Crippen LogP) is 3.93. The summed E-state index contributed by atoms with van der Waals surface area (Å²) < 4.78 is 1.71. The summed E-state index contributed by atoms with van der Waals surface area (Å²) >= 11 is 0. The minimum Gasteiger partial charge on any atom is -0.364 e. The third kappa shape index (κ3) is 4.74. The number of carbonyl (C=O) groups is 1. The highest BCUT2D eigenvalue weighted by Gasteiger charge is 2.44. The van der Waals surface area contributed by atoms with E-state index in [2.05, 4.69) is 49.1 Å². The first-order chi connectivity index (χ1) is 20.5. The first-order valence-electron chi connectivity index (χ1n) is 14.1. The second-order valence-corrected chi connectivity index (χ2v) is 11.2. The second-order valence-electron chi connectivity index (χ2n) is 11.2. The van der Waals surface area contributed by atoms with Gasteiger partial charge in [0.15, 0.2) is 5.65 Å². The number of aromatic nitrogens is 5. The molecule has 1 amide bonds. The van der Waals surface area contributed by atoms with Gasteiger partial charge in [-0.1, -0.05) is 54.6 Å². The molecule has 5 heterocycles. The summed E-state index contributed by atoms with van der Waals surface area (Å²) in [5, 5.41) is 13.6. The van der Waals surface area contributed by atoms with Crippen LogP contribution < -0.4 is 10.6 Å². The fraction of sp³-hybridized carbons (Fsp3) is 0.250. The molecule has 5 aromatic rings. The van der Waals surface area contributed by atoms with Crippen LogP contribution in [0.4, 0.5) is 5.82 Å². The summed E-state index contributed by atoms with van der Waals surface area (Å²) in [5.41, 5.74) is 11.6. The number of anilines is 1. The Morgan fingerprint density at radius 1 is 0.929 bits per heavy atom. The number of amides is 1. The molecule has 208 valence electrons. The number of rotatable bonds is 6. The van der Waals surface area contributed by atoms with Crippen LogP contribution in [0, 0.1) is 16.7 Å². The molecule has 2 aromatic carbocycles. The Kier molecular flexibility index (Phi) is 6.36. The van der Waals surface area contributed by atoms with Crippen LogP contribution in [0.25, 0.3) is 28.2 Å². The van der Waals surface area contributed by atoms with E-state index in [4.69, 9.17) is 16.0 Å². The van der Waals surface area contributed by atoms with Crippen molar-refractivity contribution >= 4 is 17.4 Å². The molecule has 0 atom stereocenters. The number of likely N-dealkylation sites (tertiary alicyclic amines) is 1. The van der Waals surface area contributed by atoms with Gasteiger partial charge in [-0.3, -0.25) is 9.69 Å². The van der Waals surface area contributed by atoms with Gasteiger partial charge in [-0.05, 0) is 42.0 Å². The Balaban J connectivity index is 1.05. The molecule has 0 bridgehead atoms. The van der Waals surface area contributed by atoms with Gasteiger partial charge in [0.1, 0.15) is 23.3 Å². The number of nitrogens with zero attached hydrogens (tertiary/aromatic N) is 8. The van der Waals surface area contributed by atoms with Crippen LogP contribution in [0.5, 0.6) is 0 Å². The van der Waals surface area contributed by atoms with Gasteiger partial charge in [-0.2, -0.15) is 10.4 Å². The molecule has 0 aliphatic carbocycles. The number of piperidine rings is 1. The maximum absolute atomic E-state index is 11.8. The molecule has 7 rings (SSSR count). The minimum atomic E-state index is -0.575. The summed E-state index contributed by atoms with van der Waals surface area (Å²) in [6, 6.07) is 25.8. The lowest BCUT2D eigenvalue weighted by atomic mass is 9.72. The van der Waals surface area contributed by atoms with E-state index in [1.165, 1.54) is 5.56 Å². The van der Waals surface area contributed by atoms with E-state index >= 15 is 0 Å². The molecule has 0 saturated carbocycles. The number of hydrogen-bond donors (Lipinski definition) is 1. The van der Waals surface area contributed by atoms with Crippen molar-refractivity contribution in [3.8, 4) is 28.6 Å². The Bertz CT molecular complexity index is 1810. The fourth-order valence-electron chi connectivity index (χ4n) is 6.27. The zero-order valence-corrected chi connectivity index (χ0v) is 23.0. The quantitative estimate of drug-likeness (QED) is 0.334. The van der Waals surface area contributed by atoms with E-state index in [0.29, 0.717) is 11.1 Å². The van der Waals surface area contributed by atoms with Crippen LogP contribution in [-0.2, 0) is 6.54 Å². The van der Waals surface area contributed by atoms with Gasteiger partial charge in [-0.25, -0.2) is 19.5 Å². The second kappa shape index (κ2) is 10.4. The summed E-state index contributed by atoms with van der Waals surface area (Å²) in [4.78, 5) is 29.8. The number of benzene rings is 2. The van der Waals surface area contributed by atoms with Crippen molar-refractivity contribution in [2.45, 2.75) is 19.4 Å². The lowest BCUT2D eigenvalue weighted by Gasteiger charge is -2.54. The molecular weight excluding hydrogens is 526 g/mol. The molecule has 1 spiro atoms. The Hall–Kier alpha value is -5.14. The van der Waals surface area contributed by atoms with Crippen LogP contribution in [-0.4, -0.2) is 61.6 Å². The van der Waals surface area contributed by atoms with Gasteiger partial charge in [-0.15, -0.1) is 0 Å². The average molecular weight is 556 g/mol. The van der Waals surface area contributed by atoms with Crippen molar-refractivity contribution in [2.24, 2.45) is 11.1 Å². The van der Waals surface area contributed by atoms with Crippen molar-refractivity contribution in [2.75, 3.05) is 31.1 Å². The minimum absolute atomic E-state index is 0.194. The topological polar surface area (TPSA) is 129 Å². The Labute approximate surface area is 243 Å². The smallest absolute Gasteiger partial charge is 0.269 e. The van der Waals surface area contributed by atoms with Crippen molar-refractivity contribution in [1.82, 2.24) is 29.5 Å². The molecule has 2 fully saturated rings. The molecule has 0 radical (unpaired) electrons. The molecule has 2 aliphatic heterocycles. The highest BCUT2D eigenvalue weighted by atomic mass is 16.1. The van der Waals surface area contributed by atoms with E-state index in [1.54, 1.807) is 22.8 Å². The van der Waals surface area contributed by atoms with E-state index in [-0.39, 0.29) is 11.5 Å². The largest absolute Gasteiger partial charge is 0.364 e. The molecule has 42 heavy (non-hydrogen) atoms. The van der Waals surface area contributed by atoms with E-state index in [9.17, 15) is 4.79 Å². The normalized spacial score (nSPS) is 16.3. The summed E-state index contributed by atoms with van der Waals surface area (Å²) in [7, 11) is 0. The van der Waals surface area contributed by atoms with Crippen LogP contribution in [0.3, 0.4) is 0 Å². The van der Waals surface area contributed by atoms with E-state index in [0.717, 1.165) is 73.9 Å². The van der Waals surface area contributed by atoms with Gasteiger partial charge >= 0.3 is 0 Å². The zero-order valence-electron chi connectivity index (χ0n) is 23.0. The molecule has 2 saturated heterocycles. The number of primary amides is 1. The van der Waals surface area contributed by atoms with E-state index in [1.807, 2.05) is 42.5 Å². The lowest BCUT2D eigenvalue weighted by molar-refractivity contribution is -0.0240. The first-order valence-corrected chi connectivity index (χ1v) is 14.1. The SMILES string of the molecule is N#Cc1nccc(N2CCC3(CC2)CN(Cc2ccc(-c4nc5ccc(C(N)=O)nn5c4-c4ccccc4)cc2)C3)n1. The number of nitrogens with two attached hydrogens (primary N) is 1. The van der Waals surface area contributed by atoms with Gasteiger partial charge in [0.2, 0.25) is 5.82 Å². The van der Waals surface area contributed by atoms with Gasteiger partial charge in [0.05, 0.1) is 5.69 Å². The zero-order chi connectivity index (χ0) is 28.7. The molecular formula is C32H29N9O. The van der Waals surface area contributed by atoms with Crippen molar-refractivity contribution in [3.63, 3.8) is 0 Å². The lowest BCUT2D eigenvalue weighted by Crippen LogP contribution is -2.59. The highest BCUT2D eigenvalue weighted by molar-refractivity contribution is 5.91. The maximum atomic E-state index is 11.8. The molecule has 2 aliphatic rings. The van der Waals surface area contributed by atoms with Crippen molar-refractivity contribution < 1.29 is 4.79 Å². The monoisotopic (exact) mass is 555 g/mol. The number of carbonyl (C=O) groups excluding carboxylic acids is 1. The average Bonchev–Trinajstić information content (AvgIpc) is 3.40. The van der Waals surface area contributed by atoms with Crippen LogP contribution in [0.15, 0.2) is 79.0 Å². The van der Waals surface area contributed by atoms with Crippen LogP contribution in [0.2, 0.25) is 0 Å². The Morgan fingerprint density at radius 2 is 1.69 bits per heavy atom. The van der Waals surface area contributed by atoms with E-state index < -0.39 is 5.91 Å².